The summed E-state index contributed by atoms with van der Waals surface area (Å²) in [6.07, 6.45) is 5.08. The summed E-state index contributed by atoms with van der Waals surface area (Å²) < 4.78 is 5.00. The highest BCUT2D eigenvalue weighted by Crippen LogP contribution is 2.26. The third-order valence-corrected chi connectivity index (χ3v) is 5.17. The number of piperidine rings is 1. The Morgan fingerprint density at radius 1 is 1.38 bits per heavy atom. The second-order valence-corrected chi connectivity index (χ2v) is 6.98. The van der Waals surface area contributed by atoms with Gasteiger partial charge in [0, 0.05) is 25.5 Å². The summed E-state index contributed by atoms with van der Waals surface area (Å²) in [7, 11) is 0. The second kappa shape index (κ2) is 8.22. The third-order valence-electron chi connectivity index (χ3n) is 4.11. The molecular weight excluding hydrogens is 354 g/mol. The van der Waals surface area contributed by atoms with Crippen LogP contribution in [0.25, 0.3) is 0 Å². The van der Waals surface area contributed by atoms with E-state index in [1.54, 1.807) is 32.3 Å². The molecule has 26 heavy (non-hydrogen) atoms. The van der Waals surface area contributed by atoms with Gasteiger partial charge in [0.1, 0.15) is 4.88 Å². The highest BCUT2D eigenvalue weighted by molar-refractivity contribution is 7.17. The lowest BCUT2D eigenvalue weighted by molar-refractivity contribution is -0.120. The molecule has 2 aromatic heterocycles. The molecule has 0 aliphatic carbocycles. The summed E-state index contributed by atoms with van der Waals surface area (Å²) in [5, 5.41) is 3.26. The summed E-state index contributed by atoms with van der Waals surface area (Å²) in [4.78, 5) is 39.7. The summed E-state index contributed by atoms with van der Waals surface area (Å²) in [5.41, 5.74) is 0.562. The van der Waals surface area contributed by atoms with E-state index in [0.29, 0.717) is 34.8 Å². The third kappa shape index (κ3) is 4.16. The van der Waals surface area contributed by atoms with Gasteiger partial charge in [-0.05, 0) is 32.8 Å². The number of aryl methyl sites for hydroxylation is 1. The van der Waals surface area contributed by atoms with Crippen LogP contribution in [0.2, 0.25) is 0 Å². The smallest absolute Gasteiger partial charge is 0.350 e. The normalized spacial score (nSPS) is 17.0. The number of hydrogen-bond donors (Lipinski definition) is 1. The highest BCUT2D eigenvalue weighted by Gasteiger charge is 2.28. The van der Waals surface area contributed by atoms with Crippen LogP contribution in [0, 0.1) is 12.8 Å². The van der Waals surface area contributed by atoms with Crippen LogP contribution in [-0.4, -0.2) is 46.5 Å². The van der Waals surface area contributed by atoms with E-state index in [1.807, 2.05) is 4.90 Å². The first-order chi connectivity index (χ1) is 12.6. The first kappa shape index (κ1) is 18.2. The van der Waals surface area contributed by atoms with Crippen molar-refractivity contribution in [1.29, 1.82) is 0 Å². The van der Waals surface area contributed by atoms with Gasteiger partial charge in [-0.1, -0.05) is 11.3 Å². The minimum Gasteiger partial charge on any atom is -0.462 e. The number of nitrogens with zero attached hydrogens (tertiary/aromatic N) is 4. The van der Waals surface area contributed by atoms with E-state index in [4.69, 9.17) is 4.74 Å². The zero-order chi connectivity index (χ0) is 18.5. The van der Waals surface area contributed by atoms with Crippen molar-refractivity contribution in [2.75, 3.05) is 29.9 Å². The maximum absolute atomic E-state index is 12.6. The molecule has 0 aromatic carbocycles. The Kier molecular flexibility index (Phi) is 5.77. The van der Waals surface area contributed by atoms with E-state index < -0.39 is 5.97 Å². The van der Waals surface area contributed by atoms with Crippen LogP contribution in [-0.2, 0) is 9.53 Å². The maximum atomic E-state index is 12.6. The van der Waals surface area contributed by atoms with Gasteiger partial charge in [0.2, 0.25) is 11.9 Å². The van der Waals surface area contributed by atoms with E-state index in [-0.39, 0.29) is 11.8 Å². The molecule has 1 N–H and O–H groups in total. The molecule has 3 heterocycles. The number of rotatable bonds is 5. The van der Waals surface area contributed by atoms with E-state index in [0.717, 1.165) is 30.7 Å². The molecule has 1 fully saturated rings. The van der Waals surface area contributed by atoms with Crippen molar-refractivity contribution in [3.8, 4) is 0 Å². The molecule has 1 amide bonds. The molecule has 1 aliphatic rings. The summed E-state index contributed by atoms with van der Waals surface area (Å²) in [6.45, 7) is 5.18. The lowest BCUT2D eigenvalue weighted by atomic mass is 9.97. The summed E-state index contributed by atoms with van der Waals surface area (Å²) in [6, 6.07) is 1.77. The highest BCUT2D eigenvalue weighted by atomic mass is 32.1. The molecule has 0 spiro atoms. The molecule has 0 saturated carbocycles. The minimum absolute atomic E-state index is 0.102. The first-order valence-corrected chi connectivity index (χ1v) is 9.37. The number of esters is 1. The molecule has 0 unspecified atom stereocenters. The van der Waals surface area contributed by atoms with Gasteiger partial charge in [-0.25, -0.2) is 19.7 Å². The van der Waals surface area contributed by atoms with Crippen LogP contribution in [0.15, 0.2) is 18.5 Å². The average molecular weight is 375 g/mol. The van der Waals surface area contributed by atoms with Crippen LogP contribution >= 0.6 is 11.3 Å². The predicted molar refractivity (Wildman–Crippen MR) is 98.4 cm³/mol. The lowest BCUT2D eigenvalue weighted by Crippen LogP contribution is -2.41. The molecule has 1 saturated heterocycles. The molecule has 9 heteroatoms. The van der Waals surface area contributed by atoms with Crippen LogP contribution in [0.3, 0.4) is 0 Å². The Bertz CT molecular complexity index is 780. The average Bonchev–Trinajstić information content (AvgIpc) is 3.03. The molecular formula is C17H21N5O3S. The molecule has 2 aromatic rings. The van der Waals surface area contributed by atoms with Crippen molar-refractivity contribution in [3.05, 3.63) is 29.0 Å². The molecule has 1 aliphatic heterocycles. The SMILES string of the molecule is CCOC(=O)c1sc(NC(=O)[C@H]2CCCN(c3ncccn3)C2)nc1C. The number of aromatic nitrogens is 3. The fraction of sp³-hybridized carbons (Fsp3) is 0.471. The van der Waals surface area contributed by atoms with E-state index >= 15 is 0 Å². The number of ether oxygens (including phenoxy) is 1. The van der Waals surface area contributed by atoms with Crippen molar-refractivity contribution in [2.24, 2.45) is 5.92 Å². The summed E-state index contributed by atoms with van der Waals surface area (Å²) in [5.74, 6) is -0.0506. The molecule has 3 rings (SSSR count). The van der Waals surface area contributed by atoms with Gasteiger partial charge in [-0.3, -0.25) is 4.79 Å². The Labute approximate surface area is 155 Å². The van der Waals surface area contributed by atoms with Gasteiger partial charge in [0.15, 0.2) is 5.13 Å². The predicted octanol–water partition coefficient (Wildman–Crippen LogP) is 2.27. The van der Waals surface area contributed by atoms with Gasteiger partial charge in [-0.2, -0.15) is 0 Å². The van der Waals surface area contributed by atoms with Gasteiger partial charge >= 0.3 is 5.97 Å². The number of carbonyl (C=O) groups is 2. The van der Waals surface area contributed by atoms with Crippen molar-refractivity contribution in [1.82, 2.24) is 15.0 Å². The first-order valence-electron chi connectivity index (χ1n) is 8.56. The van der Waals surface area contributed by atoms with Gasteiger partial charge < -0.3 is 15.0 Å². The van der Waals surface area contributed by atoms with Crippen molar-refractivity contribution in [3.63, 3.8) is 0 Å². The van der Waals surface area contributed by atoms with Gasteiger partial charge in [0.05, 0.1) is 18.2 Å². The van der Waals surface area contributed by atoms with Crippen LogP contribution in [0.5, 0.6) is 0 Å². The molecule has 8 nitrogen and oxygen atoms in total. The lowest BCUT2D eigenvalue weighted by Gasteiger charge is -2.31. The quantitative estimate of drug-likeness (QED) is 0.801. The molecule has 0 bridgehead atoms. The van der Waals surface area contributed by atoms with Crippen LogP contribution in [0.4, 0.5) is 11.1 Å². The Morgan fingerprint density at radius 2 is 2.15 bits per heavy atom. The van der Waals surface area contributed by atoms with Gasteiger partial charge in [-0.15, -0.1) is 0 Å². The standard InChI is InChI=1S/C17H21N5O3S/c1-3-25-15(24)13-11(2)20-17(26-13)21-14(23)12-6-4-9-22(10-12)16-18-7-5-8-19-16/h5,7-8,12H,3-4,6,9-10H2,1-2H3,(H,20,21,23)/t12-/m0/s1. The van der Waals surface area contributed by atoms with Crippen molar-refractivity contribution < 1.29 is 14.3 Å². The number of carbonyl (C=O) groups excluding carboxylic acids is 2. The van der Waals surface area contributed by atoms with E-state index in [1.165, 1.54) is 0 Å². The van der Waals surface area contributed by atoms with Crippen LogP contribution in [0.1, 0.15) is 35.1 Å². The maximum Gasteiger partial charge on any atom is 0.350 e. The number of anilines is 2. The topological polar surface area (TPSA) is 97.3 Å². The van der Waals surface area contributed by atoms with Crippen molar-refractivity contribution in [2.45, 2.75) is 26.7 Å². The monoisotopic (exact) mass is 375 g/mol. The number of nitrogens with one attached hydrogen (secondary N) is 1. The second-order valence-electron chi connectivity index (χ2n) is 5.98. The largest absolute Gasteiger partial charge is 0.462 e. The fourth-order valence-electron chi connectivity index (χ4n) is 2.87. The number of hydrogen-bond acceptors (Lipinski definition) is 8. The fourth-order valence-corrected chi connectivity index (χ4v) is 3.73. The Morgan fingerprint density at radius 3 is 2.88 bits per heavy atom. The Hall–Kier alpha value is -2.55. The Balaban J connectivity index is 1.64. The van der Waals surface area contributed by atoms with E-state index in [2.05, 4.69) is 20.3 Å². The van der Waals surface area contributed by atoms with Gasteiger partial charge in [0.25, 0.3) is 0 Å². The number of amides is 1. The zero-order valence-electron chi connectivity index (χ0n) is 14.8. The molecule has 138 valence electrons. The zero-order valence-corrected chi connectivity index (χ0v) is 15.6. The number of thiazole rings is 1. The van der Waals surface area contributed by atoms with Crippen molar-refractivity contribution >= 4 is 34.3 Å². The summed E-state index contributed by atoms with van der Waals surface area (Å²) >= 11 is 1.14. The molecule has 0 radical (unpaired) electrons. The minimum atomic E-state index is -0.409. The molecule has 1 atom stereocenters. The van der Waals surface area contributed by atoms with E-state index in [9.17, 15) is 9.59 Å². The van der Waals surface area contributed by atoms with Crippen LogP contribution < -0.4 is 10.2 Å².